The van der Waals surface area contributed by atoms with E-state index in [2.05, 4.69) is 17.4 Å². The van der Waals surface area contributed by atoms with Crippen LogP contribution in [0.3, 0.4) is 0 Å². The molecule has 0 spiro atoms. The van der Waals surface area contributed by atoms with Crippen molar-refractivity contribution in [1.29, 1.82) is 0 Å². The molecule has 1 aromatic carbocycles. The summed E-state index contributed by atoms with van der Waals surface area (Å²) in [4.78, 5) is 16.6. The topological polar surface area (TPSA) is 55.6 Å². The number of rotatable bonds is 6. The lowest BCUT2D eigenvalue weighted by Gasteiger charge is -2.23. The summed E-state index contributed by atoms with van der Waals surface area (Å²) in [6.07, 6.45) is 2.25. The Morgan fingerprint density at radius 3 is 2.60 bits per heavy atom. The van der Waals surface area contributed by atoms with Gasteiger partial charge in [-0.2, -0.15) is 0 Å². The number of aromatic nitrogens is 2. The summed E-state index contributed by atoms with van der Waals surface area (Å²) in [5.74, 6) is 0.671. The molecule has 2 aromatic heterocycles. The van der Waals surface area contributed by atoms with Crippen LogP contribution in [0.25, 0.3) is 5.65 Å². The van der Waals surface area contributed by atoms with Gasteiger partial charge in [-0.05, 0) is 17.7 Å². The summed E-state index contributed by atoms with van der Waals surface area (Å²) >= 11 is 0. The molecule has 2 heterocycles. The second kappa shape index (κ2) is 6.97. The van der Waals surface area contributed by atoms with Crippen molar-refractivity contribution in [3.8, 4) is 0 Å². The summed E-state index contributed by atoms with van der Waals surface area (Å²) in [6.45, 7) is 4.71. The van der Waals surface area contributed by atoms with Gasteiger partial charge >= 0.3 is 5.97 Å². The summed E-state index contributed by atoms with van der Waals surface area (Å²) in [6, 6.07) is 16.1. The molecule has 0 bridgehead atoms. The summed E-state index contributed by atoms with van der Waals surface area (Å²) < 4.78 is 6.88. The first-order valence-corrected chi connectivity index (χ1v) is 8.33. The highest BCUT2D eigenvalue weighted by Gasteiger charge is 2.31. The van der Waals surface area contributed by atoms with Gasteiger partial charge < -0.3 is 10.1 Å². The van der Waals surface area contributed by atoms with Crippen molar-refractivity contribution >= 4 is 17.4 Å². The normalized spacial score (nSPS) is 11.5. The summed E-state index contributed by atoms with van der Waals surface area (Å²) in [7, 11) is 1.41. The first kappa shape index (κ1) is 17.0. The lowest BCUT2D eigenvalue weighted by molar-refractivity contribution is -0.141. The molecule has 0 saturated carbocycles. The van der Waals surface area contributed by atoms with E-state index in [1.165, 1.54) is 12.7 Å². The number of methoxy groups -OCH3 is 1. The molecule has 3 rings (SSSR count). The third-order valence-electron chi connectivity index (χ3n) is 4.29. The number of carbonyl (C=O) groups is 1. The third kappa shape index (κ3) is 3.65. The number of fused-ring (bicyclic) bond motifs is 1. The molecule has 0 aliphatic heterocycles. The molecule has 0 saturated heterocycles. The van der Waals surface area contributed by atoms with Gasteiger partial charge in [0.15, 0.2) is 0 Å². The van der Waals surface area contributed by atoms with Crippen molar-refractivity contribution in [2.45, 2.75) is 32.2 Å². The van der Waals surface area contributed by atoms with E-state index in [9.17, 15) is 4.79 Å². The van der Waals surface area contributed by atoms with E-state index in [0.29, 0.717) is 6.54 Å². The Labute approximate surface area is 147 Å². The molecule has 3 aromatic rings. The molecule has 130 valence electrons. The smallest absolute Gasteiger partial charge is 0.306 e. The van der Waals surface area contributed by atoms with Crippen molar-refractivity contribution in [3.63, 3.8) is 0 Å². The fourth-order valence-electron chi connectivity index (χ4n) is 2.93. The van der Waals surface area contributed by atoms with E-state index >= 15 is 0 Å². The van der Waals surface area contributed by atoms with Crippen LogP contribution in [0, 0.1) is 0 Å². The molecule has 1 N–H and O–H groups in total. The molecule has 0 unspecified atom stereocenters. The minimum absolute atomic E-state index is 0.240. The van der Waals surface area contributed by atoms with Gasteiger partial charge in [0.1, 0.15) is 11.5 Å². The molecule has 0 fully saturated rings. The molecule has 0 aliphatic carbocycles. The Morgan fingerprint density at radius 1 is 1.16 bits per heavy atom. The Morgan fingerprint density at radius 2 is 1.88 bits per heavy atom. The highest BCUT2D eigenvalue weighted by molar-refractivity contribution is 5.72. The van der Waals surface area contributed by atoms with Gasteiger partial charge in [-0.25, -0.2) is 4.98 Å². The number of nitrogens with zero attached hydrogens (tertiary/aromatic N) is 2. The number of pyridine rings is 1. The van der Waals surface area contributed by atoms with Crippen molar-refractivity contribution in [2.75, 3.05) is 12.4 Å². The number of imidazole rings is 1. The third-order valence-corrected chi connectivity index (χ3v) is 4.29. The maximum absolute atomic E-state index is 11.8. The van der Waals surface area contributed by atoms with Crippen LogP contribution < -0.4 is 5.32 Å². The number of benzene rings is 1. The molecule has 25 heavy (non-hydrogen) atoms. The number of esters is 1. The predicted octanol–water partition coefficient (Wildman–Crippen LogP) is 3.79. The van der Waals surface area contributed by atoms with E-state index in [4.69, 9.17) is 9.72 Å². The Bertz CT molecular complexity index is 869. The quantitative estimate of drug-likeness (QED) is 0.695. The van der Waals surface area contributed by atoms with E-state index < -0.39 is 5.41 Å². The SMILES string of the molecule is COC(=O)CC(C)(C)c1nc2ccccn2c1NCc1ccccc1. The predicted molar refractivity (Wildman–Crippen MR) is 98.6 cm³/mol. The van der Waals surface area contributed by atoms with Gasteiger partial charge in [0.2, 0.25) is 0 Å². The zero-order valence-corrected chi connectivity index (χ0v) is 14.8. The first-order valence-electron chi connectivity index (χ1n) is 8.33. The first-order chi connectivity index (χ1) is 12.0. The lowest BCUT2D eigenvalue weighted by atomic mass is 9.85. The van der Waals surface area contributed by atoms with E-state index in [0.717, 1.165) is 17.2 Å². The molecule has 5 nitrogen and oxygen atoms in total. The minimum Gasteiger partial charge on any atom is -0.469 e. The zero-order chi connectivity index (χ0) is 17.9. The van der Waals surface area contributed by atoms with Gasteiger partial charge in [-0.1, -0.05) is 50.2 Å². The zero-order valence-electron chi connectivity index (χ0n) is 14.8. The van der Waals surface area contributed by atoms with Gasteiger partial charge in [0.25, 0.3) is 0 Å². The van der Waals surface area contributed by atoms with Crippen molar-refractivity contribution in [3.05, 3.63) is 66.0 Å². The highest BCUT2D eigenvalue weighted by Crippen LogP contribution is 2.33. The van der Waals surface area contributed by atoms with Crippen molar-refractivity contribution in [1.82, 2.24) is 9.38 Å². The Kier molecular flexibility index (Phi) is 4.74. The van der Waals surface area contributed by atoms with Crippen LogP contribution in [0.4, 0.5) is 5.82 Å². The fraction of sp³-hybridized carbons (Fsp3) is 0.300. The van der Waals surface area contributed by atoms with Crippen LogP contribution in [0.15, 0.2) is 54.7 Å². The van der Waals surface area contributed by atoms with Gasteiger partial charge in [-0.15, -0.1) is 0 Å². The van der Waals surface area contributed by atoms with E-state index in [1.807, 2.05) is 60.8 Å². The second-order valence-electron chi connectivity index (χ2n) is 6.71. The number of anilines is 1. The van der Waals surface area contributed by atoms with E-state index in [1.54, 1.807) is 0 Å². The number of ether oxygens (including phenoxy) is 1. The highest BCUT2D eigenvalue weighted by atomic mass is 16.5. The maximum Gasteiger partial charge on any atom is 0.306 e. The van der Waals surface area contributed by atoms with Gasteiger partial charge in [-0.3, -0.25) is 9.20 Å². The second-order valence-corrected chi connectivity index (χ2v) is 6.71. The Hall–Kier alpha value is -2.82. The average Bonchev–Trinajstić information content (AvgIpc) is 3.00. The molecular formula is C20H23N3O2. The van der Waals surface area contributed by atoms with E-state index in [-0.39, 0.29) is 12.4 Å². The fourth-order valence-corrected chi connectivity index (χ4v) is 2.93. The van der Waals surface area contributed by atoms with Crippen molar-refractivity contribution in [2.24, 2.45) is 0 Å². The lowest BCUT2D eigenvalue weighted by Crippen LogP contribution is -2.24. The van der Waals surface area contributed by atoms with Gasteiger partial charge in [0.05, 0.1) is 19.2 Å². The molecular weight excluding hydrogens is 314 g/mol. The van der Waals surface area contributed by atoms with Crippen LogP contribution in [0.5, 0.6) is 0 Å². The monoisotopic (exact) mass is 337 g/mol. The van der Waals surface area contributed by atoms with Crippen LogP contribution in [0.2, 0.25) is 0 Å². The molecule has 0 radical (unpaired) electrons. The molecule has 0 amide bonds. The van der Waals surface area contributed by atoms with Gasteiger partial charge in [0, 0.05) is 18.2 Å². The number of carbonyl (C=O) groups excluding carboxylic acids is 1. The molecule has 0 atom stereocenters. The molecule has 5 heteroatoms. The van der Waals surface area contributed by atoms with Crippen LogP contribution >= 0.6 is 0 Å². The summed E-state index contributed by atoms with van der Waals surface area (Å²) in [5.41, 5.74) is 2.45. The molecule has 0 aliphatic rings. The van der Waals surface area contributed by atoms with Crippen LogP contribution in [-0.4, -0.2) is 22.5 Å². The average molecular weight is 337 g/mol. The largest absolute Gasteiger partial charge is 0.469 e. The maximum atomic E-state index is 11.8. The van der Waals surface area contributed by atoms with Crippen molar-refractivity contribution < 1.29 is 9.53 Å². The van der Waals surface area contributed by atoms with Crippen LogP contribution in [0.1, 0.15) is 31.5 Å². The number of hydrogen-bond donors (Lipinski definition) is 1. The Balaban J connectivity index is 1.98. The minimum atomic E-state index is -0.446. The standard InChI is InChI=1S/C20H23N3O2/c1-20(2,13-17(24)25-3)18-19(21-14-15-9-5-4-6-10-15)23-12-8-7-11-16(23)22-18/h4-12,21H,13-14H2,1-3H3. The number of nitrogens with one attached hydrogen (secondary N) is 1. The van der Waals surface area contributed by atoms with Crippen LogP contribution in [-0.2, 0) is 21.5 Å². The summed E-state index contributed by atoms with van der Waals surface area (Å²) in [5, 5.41) is 3.50. The number of hydrogen-bond acceptors (Lipinski definition) is 4.